The van der Waals surface area contributed by atoms with E-state index in [0.717, 1.165) is 11.3 Å². The Bertz CT molecular complexity index is 946. The molecular formula is C22H25N3O5. The van der Waals surface area contributed by atoms with Crippen LogP contribution in [-0.2, 0) is 25.7 Å². The molecule has 30 heavy (non-hydrogen) atoms. The molecule has 4 heterocycles. The molecule has 8 heteroatoms. The summed E-state index contributed by atoms with van der Waals surface area (Å²) >= 11 is 0. The van der Waals surface area contributed by atoms with Crippen LogP contribution in [0.15, 0.2) is 36.4 Å². The van der Waals surface area contributed by atoms with Crippen LogP contribution in [0.2, 0.25) is 0 Å². The summed E-state index contributed by atoms with van der Waals surface area (Å²) in [5.41, 5.74) is 0.211. The molecule has 0 radical (unpaired) electrons. The molecule has 3 saturated heterocycles. The Morgan fingerprint density at radius 3 is 2.90 bits per heavy atom. The van der Waals surface area contributed by atoms with Crippen LogP contribution in [0.3, 0.4) is 0 Å². The largest absolute Gasteiger partial charge is 0.497 e. The lowest BCUT2D eigenvalue weighted by Gasteiger charge is -2.35. The van der Waals surface area contributed by atoms with Crippen LogP contribution in [0.4, 0.5) is 0 Å². The van der Waals surface area contributed by atoms with Crippen LogP contribution < -0.4 is 4.74 Å². The molecule has 5 rings (SSSR count). The quantitative estimate of drug-likeness (QED) is 0.665. The van der Waals surface area contributed by atoms with Crippen molar-refractivity contribution in [1.82, 2.24) is 14.7 Å². The van der Waals surface area contributed by atoms with E-state index in [1.54, 1.807) is 28.9 Å². The Labute approximate surface area is 175 Å². The Morgan fingerprint density at radius 2 is 2.13 bits per heavy atom. The molecule has 1 aromatic carbocycles. The molecule has 0 aliphatic carbocycles. The third-order valence-corrected chi connectivity index (χ3v) is 6.74. The second-order valence-electron chi connectivity index (χ2n) is 8.52. The van der Waals surface area contributed by atoms with Crippen molar-refractivity contribution in [1.29, 1.82) is 0 Å². The fourth-order valence-corrected chi connectivity index (χ4v) is 5.14. The summed E-state index contributed by atoms with van der Waals surface area (Å²) in [5.74, 6) is -0.684. The van der Waals surface area contributed by atoms with Gasteiger partial charge in [0.1, 0.15) is 11.4 Å². The van der Waals surface area contributed by atoms with Crippen LogP contribution in [0.25, 0.3) is 0 Å². The van der Waals surface area contributed by atoms with Gasteiger partial charge < -0.3 is 24.2 Å². The molecule has 0 aromatic heterocycles. The molecule has 8 nitrogen and oxygen atoms in total. The second kappa shape index (κ2) is 6.84. The van der Waals surface area contributed by atoms with Crippen molar-refractivity contribution in [3.63, 3.8) is 0 Å². The highest BCUT2D eigenvalue weighted by Gasteiger charge is 2.67. The van der Waals surface area contributed by atoms with Gasteiger partial charge in [0.25, 0.3) is 0 Å². The van der Waals surface area contributed by atoms with E-state index in [1.807, 2.05) is 36.4 Å². The number of rotatable bonds is 4. The molecule has 1 spiro atoms. The van der Waals surface area contributed by atoms with Crippen molar-refractivity contribution in [3.8, 4) is 5.75 Å². The minimum Gasteiger partial charge on any atom is -0.497 e. The summed E-state index contributed by atoms with van der Waals surface area (Å²) < 4.78 is 11.5. The Morgan fingerprint density at radius 1 is 1.30 bits per heavy atom. The minimum absolute atomic E-state index is 0.0592. The lowest BCUT2D eigenvalue weighted by Crippen LogP contribution is -2.54. The normalized spacial score (nSPS) is 32.2. The summed E-state index contributed by atoms with van der Waals surface area (Å²) in [6.45, 7) is 1.90. The topological polar surface area (TPSA) is 79.4 Å². The van der Waals surface area contributed by atoms with Crippen LogP contribution in [0.1, 0.15) is 5.56 Å². The molecule has 158 valence electrons. The molecule has 0 saturated carbocycles. The number of carbonyl (C=O) groups is 3. The van der Waals surface area contributed by atoms with Gasteiger partial charge >= 0.3 is 0 Å². The molecule has 2 unspecified atom stereocenters. The average Bonchev–Trinajstić information content (AvgIpc) is 3.38. The average molecular weight is 411 g/mol. The number of hydrogen-bond donors (Lipinski definition) is 0. The first-order valence-corrected chi connectivity index (χ1v) is 10.2. The summed E-state index contributed by atoms with van der Waals surface area (Å²) in [4.78, 5) is 43.8. The van der Waals surface area contributed by atoms with Gasteiger partial charge in [-0.1, -0.05) is 24.3 Å². The summed E-state index contributed by atoms with van der Waals surface area (Å²) in [5, 5.41) is 0. The number of likely N-dealkylation sites (N-methyl/N-ethyl adjacent to an activating group) is 1. The van der Waals surface area contributed by atoms with Crippen LogP contribution in [0, 0.1) is 11.8 Å². The van der Waals surface area contributed by atoms with Gasteiger partial charge in [0.2, 0.25) is 17.7 Å². The van der Waals surface area contributed by atoms with E-state index < -0.39 is 23.5 Å². The van der Waals surface area contributed by atoms with Gasteiger partial charge in [-0.25, -0.2) is 0 Å². The highest BCUT2D eigenvalue weighted by Crippen LogP contribution is 2.52. The maximum absolute atomic E-state index is 13.4. The predicted molar refractivity (Wildman–Crippen MR) is 106 cm³/mol. The number of ether oxygens (including phenoxy) is 2. The van der Waals surface area contributed by atoms with Crippen molar-refractivity contribution < 1.29 is 23.9 Å². The van der Waals surface area contributed by atoms with Crippen LogP contribution >= 0.6 is 0 Å². The standard InChI is InChI=1S/C22H25N3O5/c1-23-8-9-24(12-17(23)26)20(27)18-16-6-7-22(30-16)13-25(21(28)19(18)22)11-14-4-3-5-15(10-14)29-2/h3-7,10,16,18-19H,8-9,11-13H2,1-2H3/t16-,18?,19?,22-/m1/s1. The van der Waals surface area contributed by atoms with E-state index in [9.17, 15) is 14.4 Å². The number of amides is 3. The second-order valence-corrected chi connectivity index (χ2v) is 8.52. The number of methoxy groups -OCH3 is 1. The number of fused-ring (bicyclic) bond motifs is 1. The first kappa shape index (κ1) is 19.1. The maximum atomic E-state index is 13.4. The van der Waals surface area contributed by atoms with E-state index in [1.165, 1.54) is 0 Å². The predicted octanol–water partition coefficient (Wildman–Crippen LogP) is 0.278. The van der Waals surface area contributed by atoms with Crippen molar-refractivity contribution >= 4 is 17.7 Å². The molecule has 1 aromatic rings. The third-order valence-electron chi connectivity index (χ3n) is 6.74. The molecule has 3 amide bonds. The fourth-order valence-electron chi connectivity index (χ4n) is 5.14. The number of likely N-dealkylation sites (tertiary alicyclic amines) is 1. The van der Waals surface area contributed by atoms with E-state index >= 15 is 0 Å². The van der Waals surface area contributed by atoms with E-state index in [4.69, 9.17) is 9.47 Å². The number of carbonyl (C=O) groups excluding carboxylic acids is 3. The molecule has 0 N–H and O–H groups in total. The minimum atomic E-state index is -0.752. The number of hydrogen-bond acceptors (Lipinski definition) is 5. The lowest BCUT2D eigenvalue weighted by atomic mass is 9.76. The maximum Gasteiger partial charge on any atom is 0.241 e. The zero-order chi connectivity index (χ0) is 21.0. The zero-order valence-electron chi connectivity index (χ0n) is 17.1. The molecule has 4 aliphatic heterocycles. The SMILES string of the molecule is COc1cccc(CN2C[C@@]34C=C[C@@H](O3)C(C(=O)N3CCN(C)C(=O)C3)C4C2=O)c1. The third kappa shape index (κ3) is 2.81. The summed E-state index contributed by atoms with van der Waals surface area (Å²) in [6.07, 6.45) is 3.45. The first-order chi connectivity index (χ1) is 14.4. The first-order valence-electron chi connectivity index (χ1n) is 10.2. The molecule has 3 fully saturated rings. The monoisotopic (exact) mass is 411 g/mol. The highest BCUT2D eigenvalue weighted by molar-refractivity contribution is 5.94. The lowest BCUT2D eigenvalue weighted by molar-refractivity contribution is -0.149. The summed E-state index contributed by atoms with van der Waals surface area (Å²) in [6, 6.07) is 7.62. The Hall–Kier alpha value is -2.87. The Kier molecular flexibility index (Phi) is 4.36. The van der Waals surface area contributed by atoms with Gasteiger partial charge in [-0.15, -0.1) is 0 Å². The molecule has 2 bridgehead atoms. The van der Waals surface area contributed by atoms with Crippen molar-refractivity contribution in [3.05, 3.63) is 42.0 Å². The molecular weight excluding hydrogens is 386 g/mol. The Balaban J connectivity index is 1.37. The van der Waals surface area contributed by atoms with E-state index in [0.29, 0.717) is 26.2 Å². The highest BCUT2D eigenvalue weighted by atomic mass is 16.5. The smallest absolute Gasteiger partial charge is 0.241 e. The van der Waals surface area contributed by atoms with Crippen LogP contribution in [-0.4, -0.2) is 84.5 Å². The number of benzene rings is 1. The van der Waals surface area contributed by atoms with Gasteiger partial charge in [-0.05, 0) is 17.7 Å². The zero-order valence-corrected chi connectivity index (χ0v) is 17.1. The molecule has 4 aliphatic rings. The van der Waals surface area contributed by atoms with Gasteiger partial charge in [-0.3, -0.25) is 14.4 Å². The van der Waals surface area contributed by atoms with Crippen molar-refractivity contribution in [2.24, 2.45) is 11.8 Å². The van der Waals surface area contributed by atoms with Crippen molar-refractivity contribution in [2.45, 2.75) is 18.2 Å². The van der Waals surface area contributed by atoms with Gasteiger partial charge in [-0.2, -0.15) is 0 Å². The number of nitrogens with zero attached hydrogens (tertiary/aromatic N) is 3. The number of piperazine rings is 1. The van der Waals surface area contributed by atoms with Crippen LogP contribution in [0.5, 0.6) is 5.75 Å². The van der Waals surface area contributed by atoms with E-state index in [2.05, 4.69) is 0 Å². The van der Waals surface area contributed by atoms with Crippen molar-refractivity contribution in [2.75, 3.05) is 40.3 Å². The van der Waals surface area contributed by atoms with Gasteiger partial charge in [0, 0.05) is 26.7 Å². The van der Waals surface area contributed by atoms with Gasteiger partial charge in [0.05, 0.1) is 38.1 Å². The summed E-state index contributed by atoms with van der Waals surface area (Å²) in [7, 11) is 3.35. The van der Waals surface area contributed by atoms with Gasteiger partial charge in [0.15, 0.2) is 0 Å². The molecule has 4 atom stereocenters. The fraction of sp³-hybridized carbons (Fsp3) is 0.500. The van der Waals surface area contributed by atoms with E-state index in [-0.39, 0.29) is 24.3 Å².